The fourth-order valence-electron chi connectivity index (χ4n) is 2.21. The van der Waals surface area contributed by atoms with E-state index in [1.807, 2.05) is 36.4 Å². The van der Waals surface area contributed by atoms with Crippen LogP contribution in [0.4, 0.5) is 0 Å². The minimum Gasteiger partial charge on any atom is -0.312 e. The Labute approximate surface area is 127 Å². The molecule has 1 heterocycles. The molecule has 0 spiro atoms. The molecule has 0 amide bonds. The van der Waals surface area contributed by atoms with Gasteiger partial charge in [-0.1, -0.05) is 24.3 Å². The third-order valence-electron chi connectivity index (χ3n) is 3.24. The van der Waals surface area contributed by atoms with Gasteiger partial charge in [-0.25, -0.2) is 4.98 Å². The Balaban J connectivity index is 1.53. The van der Waals surface area contributed by atoms with Crippen LogP contribution in [0.2, 0.25) is 0 Å². The summed E-state index contributed by atoms with van der Waals surface area (Å²) in [5.41, 5.74) is 2.93. The molecule has 104 valence electrons. The summed E-state index contributed by atoms with van der Waals surface area (Å²) in [5.74, 6) is 0. The van der Waals surface area contributed by atoms with Gasteiger partial charge in [-0.05, 0) is 29.8 Å². The van der Waals surface area contributed by atoms with E-state index in [4.69, 9.17) is 5.26 Å². The topological polar surface area (TPSA) is 48.7 Å². The van der Waals surface area contributed by atoms with Gasteiger partial charge in [0.05, 0.1) is 26.9 Å². The van der Waals surface area contributed by atoms with Gasteiger partial charge in [0.25, 0.3) is 0 Å². The quantitative estimate of drug-likeness (QED) is 0.732. The summed E-state index contributed by atoms with van der Waals surface area (Å²) in [7, 11) is 0. The normalized spacial score (nSPS) is 10.6. The van der Waals surface area contributed by atoms with Crippen molar-refractivity contribution in [2.75, 3.05) is 6.54 Å². The second kappa shape index (κ2) is 6.49. The van der Waals surface area contributed by atoms with E-state index < -0.39 is 0 Å². The van der Waals surface area contributed by atoms with Gasteiger partial charge >= 0.3 is 0 Å². The molecule has 0 saturated carbocycles. The number of nitrogens with one attached hydrogen (secondary N) is 1. The molecule has 0 unspecified atom stereocenters. The van der Waals surface area contributed by atoms with E-state index in [1.54, 1.807) is 11.3 Å². The largest absolute Gasteiger partial charge is 0.312 e. The van der Waals surface area contributed by atoms with Crippen molar-refractivity contribution in [1.29, 1.82) is 5.26 Å². The molecule has 0 aliphatic carbocycles. The van der Waals surface area contributed by atoms with Gasteiger partial charge in [-0.2, -0.15) is 5.26 Å². The smallest absolute Gasteiger partial charge is 0.0991 e. The summed E-state index contributed by atoms with van der Waals surface area (Å²) in [6.07, 6.45) is 0.928. The number of nitrogens with zero attached hydrogens (tertiary/aromatic N) is 2. The first kappa shape index (κ1) is 13.7. The number of hydrogen-bond donors (Lipinski definition) is 1. The summed E-state index contributed by atoms with van der Waals surface area (Å²) >= 11 is 1.76. The van der Waals surface area contributed by atoms with Crippen molar-refractivity contribution in [1.82, 2.24) is 10.3 Å². The second-order valence-electron chi connectivity index (χ2n) is 4.81. The molecule has 2 aromatic carbocycles. The molecule has 1 aromatic heterocycles. The molecule has 0 aliphatic rings. The van der Waals surface area contributed by atoms with Crippen molar-refractivity contribution in [2.24, 2.45) is 0 Å². The number of hydrogen-bond acceptors (Lipinski definition) is 4. The van der Waals surface area contributed by atoms with Crippen LogP contribution in [-0.4, -0.2) is 11.5 Å². The number of nitriles is 1. The summed E-state index contributed by atoms with van der Waals surface area (Å²) in [4.78, 5) is 4.62. The lowest BCUT2D eigenvalue weighted by molar-refractivity contribution is 0.685. The van der Waals surface area contributed by atoms with Gasteiger partial charge in [-0.3, -0.25) is 0 Å². The first-order valence-electron chi connectivity index (χ1n) is 6.89. The zero-order chi connectivity index (χ0) is 14.5. The second-order valence-corrected chi connectivity index (χ2v) is 5.93. The fraction of sp³-hybridized carbons (Fsp3) is 0.176. The molecule has 0 saturated heterocycles. The molecule has 3 nitrogen and oxygen atoms in total. The fourth-order valence-corrected chi connectivity index (χ4v) is 3.17. The van der Waals surface area contributed by atoms with Crippen molar-refractivity contribution in [3.05, 3.63) is 64.7 Å². The average Bonchev–Trinajstić information content (AvgIpc) is 2.94. The maximum absolute atomic E-state index is 8.87. The third-order valence-corrected chi connectivity index (χ3v) is 4.34. The Hall–Kier alpha value is -2.22. The zero-order valence-corrected chi connectivity index (χ0v) is 12.4. The third kappa shape index (κ3) is 3.46. The van der Waals surface area contributed by atoms with Crippen LogP contribution in [0.5, 0.6) is 0 Å². The van der Waals surface area contributed by atoms with Crippen molar-refractivity contribution in [2.45, 2.75) is 13.0 Å². The average molecular weight is 293 g/mol. The summed E-state index contributed by atoms with van der Waals surface area (Å²) in [6.45, 7) is 1.66. The first-order valence-corrected chi connectivity index (χ1v) is 7.71. The molecule has 21 heavy (non-hydrogen) atoms. The molecule has 3 rings (SSSR count). The lowest BCUT2D eigenvalue weighted by Gasteiger charge is -2.03. The summed E-state index contributed by atoms with van der Waals surface area (Å²) in [5, 5.41) is 13.4. The van der Waals surface area contributed by atoms with Crippen molar-refractivity contribution >= 4 is 21.6 Å². The van der Waals surface area contributed by atoms with E-state index in [0.717, 1.165) is 35.6 Å². The standard InChI is InChI=1S/C17H15N3S/c18-11-13-4-3-5-14(10-13)12-19-9-8-17-20-15-6-1-2-7-16(15)21-17/h1-7,10,19H,8-9,12H2. The highest BCUT2D eigenvalue weighted by Gasteiger charge is 2.02. The number of rotatable bonds is 5. The van der Waals surface area contributed by atoms with Crippen molar-refractivity contribution < 1.29 is 0 Å². The monoisotopic (exact) mass is 293 g/mol. The van der Waals surface area contributed by atoms with E-state index in [0.29, 0.717) is 5.56 Å². The molecule has 0 aliphatic heterocycles. The van der Waals surface area contributed by atoms with Crippen LogP contribution >= 0.6 is 11.3 Å². The molecule has 3 aromatic rings. The predicted octanol–water partition coefficient (Wildman–Crippen LogP) is 3.50. The predicted molar refractivity (Wildman–Crippen MR) is 86.2 cm³/mol. The van der Waals surface area contributed by atoms with Crippen LogP contribution in [0, 0.1) is 11.3 Å². The SMILES string of the molecule is N#Cc1cccc(CNCCc2nc3ccccc3s2)c1. The van der Waals surface area contributed by atoms with E-state index in [-0.39, 0.29) is 0 Å². The zero-order valence-electron chi connectivity index (χ0n) is 11.5. The van der Waals surface area contributed by atoms with Crippen molar-refractivity contribution in [3.63, 3.8) is 0 Å². The van der Waals surface area contributed by atoms with Gasteiger partial charge in [0.1, 0.15) is 0 Å². The molecule has 1 N–H and O–H groups in total. The maximum atomic E-state index is 8.87. The number of para-hydroxylation sites is 1. The van der Waals surface area contributed by atoms with Crippen LogP contribution in [0.25, 0.3) is 10.2 Å². The minimum absolute atomic E-state index is 0.709. The molecule has 0 atom stereocenters. The molecule has 4 heteroatoms. The van der Waals surface area contributed by atoms with E-state index in [1.165, 1.54) is 4.70 Å². The van der Waals surface area contributed by atoms with Crippen LogP contribution in [0.3, 0.4) is 0 Å². The number of aromatic nitrogens is 1. The van der Waals surface area contributed by atoms with Crippen molar-refractivity contribution in [3.8, 4) is 6.07 Å². The van der Waals surface area contributed by atoms with Crippen LogP contribution in [-0.2, 0) is 13.0 Å². The van der Waals surface area contributed by atoms with E-state index >= 15 is 0 Å². The Bertz CT molecular complexity index is 753. The maximum Gasteiger partial charge on any atom is 0.0991 e. The Morgan fingerprint density at radius 1 is 1.14 bits per heavy atom. The molecule has 0 bridgehead atoms. The minimum atomic E-state index is 0.709. The van der Waals surface area contributed by atoms with Gasteiger partial charge in [0, 0.05) is 19.5 Å². The van der Waals surface area contributed by atoms with Crippen LogP contribution in [0.1, 0.15) is 16.1 Å². The van der Waals surface area contributed by atoms with Gasteiger partial charge in [-0.15, -0.1) is 11.3 Å². The highest BCUT2D eigenvalue weighted by Crippen LogP contribution is 2.21. The first-order chi connectivity index (χ1) is 10.3. The lowest BCUT2D eigenvalue weighted by Crippen LogP contribution is -2.16. The Morgan fingerprint density at radius 2 is 2.05 bits per heavy atom. The van der Waals surface area contributed by atoms with Crippen LogP contribution < -0.4 is 5.32 Å². The molecule has 0 radical (unpaired) electrons. The van der Waals surface area contributed by atoms with Gasteiger partial charge in [0.2, 0.25) is 0 Å². The summed E-state index contributed by atoms with van der Waals surface area (Å²) in [6, 6.07) is 18.1. The Morgan fingerprint density at radius 3 is 2.90 bits per heavy atom. The molecule has 0 fully saturated rings. The highest BCUT2D eigenvalue weighted by atomic mass is 32.1. The van der Waals surface area contributed by atoms with Gasteiger partial charge in [0.15, 0.2) is 0 Å². The molecular formula is C17H15N3S. The van der Waals surface area contributed by atoms with E-state index in [2.05, 4.69) is 28.5 Å². The number of benzene rings is 2. The Kier molecular flexibility index (Phi) is 4.25. The lowest BCUT2D eigenvalue weighted by atomic mass is 10.1. The van der Waals surface area contributed by atoms with E-state index in [9.17, 15) is 0 Å². The number of thiazole rings is 1. The number of fused-ring (bicyclic) bond motifs is 1. The van der Waals surface area contributed by atoms with Gasteiger partial charge < -0.3 is 5.32 Å². The van der Waals surface area contributed by atoms with Crippen LogP contribution in [0.15, 0.2) is 48.5 Å². The summed E-state index contributed by atoms with van der Waals surface area (Å²) < 4.78 is 1.24. The molecular weight excluding hydrogens is 278 g/mol. The highest BCUT2D eigenvalue weighted by molar-refractivity contribution is 7.18.